The normalized spacial score (nSPS) is 19.6. The average Bonchev–Trinajstić information content (AvgIpc) is 2.47. The number of rotatable bonds is 5. The molecule has 116 valence electrons. The maximum atomic E-state index is 12.9. The third kappa shape index (κ3) is 3.82. The van der Waals surface area contributed by atoms with Crippen molar-refractivity contribution in [2.45, 2.75) is 46.6 Å². The van der Waals surface area contributed by atoms with Crippen molar-refractivity contribution in [3.8, 4) is 5.75 Å². The Morgan fingerprint density at radius 2 is 2.19 bits per heavy atom. The second-order valence-electron chi connectivity index (χ2n) is 6.67. The van der Waals surface area contributed by atoms with Crippen LogP contribution in [0.5, 0.6) is 5.75 Å². The fourth-order valence-corrected chi connectivity index (χ4v) is 2.90. The molecule has 21 heavy (non-hydrogen) atoms. The molecule has 1 N–H and O–H groups in total. The van der Waals surface area contributed by atoms with E-state index in [1.807, 2.05) is 33.8 Å². The molecule has 1 fully saturated rings. The van der Waals surface area contributed by atoms with E-state index in [1.54, 1.807) is 12.4 Å². The predicted octanol–water partition coefficient (Wildman–Crippen LogP) is 3.08. The molecule has 0 spiro atoms. The molecule has 1 saturated heterocycles. The van der Waals surface area contributed by atoms with Gasteiger partial charge >= 0.3 is 0 Å². The van der Waals surface area contributed by atoms with Crippen molar-refractivity contribution in [1.82, 2.24) is 10.3 Å². The molecule has 0 bridgehead atoms. The first-order valence-corrected chi connectivity index (χ1v) is 7.78. The van der Waals surface area contributed by atoms with Gasteiger partial charge in [-0.05, 0) is 51.8 Å². The second kappa shape index (κ2) is 6.56. The third-order valence-corrected chi connectivity index (χ3v) is 4.25. The zero-order valence-electron chi connectivity index (χ0n) is 13.5. The molecule has 1 atom stereocenters. The van der Waals surface area contributed by atoms with E-state index in [1.165, 1.54) is 0 Å². The largest absolute Gasteiger partial charge is 0.489 e. The molecule has 0 radical (unpaired) electrons. The summed E-state index contributed by atoms with van der Waals surface area (Å²) in [7, 11) is 0. The van der Waals surface area contributed by atoms with Crippen LogP contribution in [0.2, 0.25) is 0 Å². The number of pyridine rings is 1. The van der Waals surface area contributed by atoms with E-state index in [0.29, 0.717) is 17.2 Å². The van der Waals surface area contributed by atoms with Crippen molar-refractivity contribution in [1.29, 1.82) is 0 Å². The highest BCUT2D eigenvalue weighted by Crippen LogP contribution is 2.35. The fraction of sp³-hybridized carbons (Fsp3) is 0.647. The van der Waals surface area contributed by atoms with E-state index in [-0.39, 0.29) is 17.3 Å². The van der Waals surface area contributed by atoms with Gasteiger partial charge in [-0.1, -0.05) is 13.8 Å². The molecule has 0 aliphatic carbocycles. The minimum Gasteiger partial charge on any atom is -0.489 e. The van der Waals surface area contributed by atoms with Crippen LogP contribution in [0.4, 0.5) is 0 Å². The van der Waals surface area contributed by atoms with Gasteiger partial charge < -0.3 is 10.1 Å². The van der Waals surface area contributed by atoms with Crippen molar-refractivity contribution >= 4 is 5.78 Å². The lowest BCUT2D eigenvalue weighted by atomic mass is 9.70. The average molecular weight is 290 g/mol. The number of aromatic nitrogens is 1. The zero-order chi connectivity index (χ0) is 15.5. The molecule has 0 aromatic carbocycles. The number of nitrogens with one attached hydrogen (secondary N) is 1. The molecular weight excluding hydrogens is 264 g/mol. The van der Waals surface area contributed by atoms with E-state index in [9.17, 15) is 4.79 Å². The Hall–Kier alpha value is -1.42. The molecule has 1 aliphatic rings. The lowest BCUT2D eigenvalue weighted by Gasteiger charge is -2.36. The minimum absolute atomic E-state index is 0.0766. The Kier molecular flexibility index (Phi) is 4.99. The maximum Gasteiger partial charge on any atom is 0.170 e. The smallest absolute Gasteiger partial charge is 0.170 e. The number of hydrogen-bond donors (Lipinski definition) is 1. The van der Waals surface area contributed by atoms with Crippen LogP contribution in [-0.2, 0) is 0 Å². The SMILES string of the molecule is CC(C)Oc1cncc(C(=O)C(C)(C)C2CCCNC2)c1. The van der Waals surface area contributed by atoms with Gasteiger partial charge in [-0.25, -0.2) is 0 Å². The fourth-order valence-electron chi connectivity index (χ4n) is 2.90. The predicted molar refractivity (Wildman–Crippen MR) is 83.7 cm³/mol. The lowest BCUT2D eigenvalue weighted by Crippen LogP contribution is -2.42. The Morgan fingerprint density at radius 1 is 1.43 bits per heavy atom. The molecule has 2 rings (SSSR count). The monoisotopic (exact) mass is 290 g/mol. The van der Waals surface area contributed by atoms with Crippen molar-refractivity contribution in [3.05, 3.63) is 24.0 Å². The molecule has 1 aromatic heterocycles. The summed E-state index contributed by atoms with van der Waals surface area (Å²) in [5.41, 5.74) is 0.259. The van der Waals surface area contributed by atoms with Gasteiger partial charge in [0.05, 0.1) is 12.3 Å². The Morgan fingerprint density at radius 3 is 2.81 bits per heavy atom. The quantitative estimate of drug-likeness (QED) is 0.847. The van der Waals surface area contributed by atoms with Gasteiger partial charge in [0.15, 0.2) is 5.78 Å². The number of carbonyl (C=O) groups excluding carboxylic acids is 1. The molecule has 0 amide bonds. The first-order chi connectivity index (χ1) is 9.91. The van der Waals surface area contributed by atoms with E-state index in [4.69, 9.17) is 4.74 Å². The highest BCUT2D eigenvalue weighted by atomic mass is 16.5. The summed E-state index contributed by atoms with van der Waals surface area (Å²) >= 11 is 0. The molecule has 1 aliphatic heterocycles. The van der Waals surface area contributed by atoms with Crippen molar-refractivity contribution in [2.24, 2.45) is 11.3 Å². The van der Waals surface area contributed by atoms with Gasteiger partial charge in [-0.15, -0.1) is 0 Å². The summed E-state index contributed by atoms with van der Waals surface area (Å²) in [5.74, 6) is 1.18. The first-order valence-electron chi connectivity index (χ1n) is 7.78. The summed E-state index contributed by atoms with van der Waals surface area (Å²) in [4.78, 5) is 17.0. The van der Waals surface area contributed by atoms with E-state index < -0.39 is 0 Å². The van der Waals surface area contributed by atoms with E-state index in [0.717, 1.165) is 25.9 Å². The number of piperidine rings is 1. The van der Waals surface area contributed by atoms with Crippen molar-refractivity contribution in [3.63, 3.8) is 0 Å². The number of hydrogen-bond acceptors (Lipinski definition) is 4. The van der Waals surface area contributed by atoms with Crippen LogP contribution in [0.15, 0.2) is 18.5 Å². The van der Waals surface area contributed by atoms with Crippen LogP contribution < -0.4 is 10.1 Å². The van der Waals surface area contributed by atoms with Crippen molar-refractivity contribution < 1.29 is 9.53 Å². The van der Waals surface area contributed by atoms with Crippen LogP contribution in [-0.4, -0.2) is 30.0 Å². The minimum atomic E-state index is -0.383. The number of Topliss-reactive ketones (excluding diaryl/α,β-unsaturated/α-hetero) is 1. The highest BCUT2D eigenvalue weighted by Gasteiger charge is 2.37. The van der Waals surface area contributed by atoms with Gasteiger partial charge in [0.2, 0.25) is 0 Å². The summed E-state index contributed by atoms with van der Waals surface area (Å²) in [6, 6.07) is 1.81. The number of carbonyl (C=O) groups is 1. The van der Waals surface area contributed by atoms with E-state index >= 15 is 0 Å². The molecule has 4 heteroatoms. The molecule has 0 saturated carbocycles. The first kappa shape index (κ1) is 16.0. The van der Waals surface area contributed by atoms with Crippen LogP contribution in [0, 0.1) is 11.3 Å². The topological polar surface area (TPSA) is 51.2 Å². The van der Waals surface area contributed by atoms with Gasteiger partial charge in [-0.3, -0.25) is 9.78 Å². The van der Waals surface area contributed by atoms with Crippen LogP contribution >= 0.6 is 0 Å². The van der Waals surface area contributed by atoms with Gasteiger partial charge in [0.1, 0.15) is 5.75 Å². The van der Waals surface area contributed by atoms with Gasteiger partial charge in [0.25, 0.3) is 0 Å². The summed E-state index contributed by atoms with van der Waals surface area (Å²) in [6.07, 6.45) is 5.62. The standard InChI is InChI=1S/C17H26N2O2/c1-12(2)21-15-8-13(9-19-11-15)16(20)17(3,4)14-6-5-7-18-10-14/h8-9,11-12,14,18H,5-7,10H2,1-4H3. The number of ether oxygens (including phenoxy) is 1. The van der Waals surface area contributed by atoms with Gasteiger partial charge in [-0.2, -0.15) is 0 Å². The molecule has 2 heterocycles. The number of ketones is 1. The van der Waals surface area contributed by atoms with Gasteiger partial charge in [0, 0.05) is 17.2 Å². The maximum absolute atomic E-state index is 12.9. The summed E-state index contributed by atoms with van der Waals surface area (Å²) in [5, 5.41) is 3.39. The second-order valence-corrected chi connectivity index (χ2v) is 6.67. The summed E-state index contributed by atoms with van der Waals surface area (Å²) in [6.45, 7) is 9.98. The lowest BCUT2D eigenvalue weighted by molar-refractivity contribution is 0.0707. The van der Waals surface area contributed by atoms with Crippen LogP contribution in [0.3, 0.4) is 0 Å². The Bertz CT molecular complexity index is 491. The highest BCUT2D eigenvalue weighted by molar-refractivity contribution is 6.00. The summed E-state index contributed by atoms with van der Waals surface area (Å²) < 4.78 is 5.64. The molecular formula is C17H26N2O2. The Labute approximate surface area is 127 Å². The van der Waals surface area contributed by atoms with Crippen LogP contribution in [0.25, 0.3) is 0 Å². The molecule has 4 nitrogen and oxygen atoms in total. The third-order valence-electron chi connectivity index (χ3n) is 4.25. The molecule has 1 unspecified atom stereocenters. The Balaban J connectivity index is 2.17. The van der Waals surface area contributed by atoms with Crippen molar-refractivity contribution in [2.75, 3.05) is 13.1 Å². The number of nitrogens with zero attached hydrogens (tertiary/aromatic N) is 1. The van der Waals surface area contributed by atoms with E-state index in [2.05, 4.69) is 10.3 Å². The van der Waals surface area contributed by atoms with Crippen LogP contribution in [0.1, 0.15) is 50.9 Å². The zero-order valence-corrected chi connectivity index (χ0v) is 13.5. The molecule has 1 aromatic rings.